The number of hydrogen-bond donors (Lipinski definition) is 0. The molecule has 0 unspecified atom stereocenters. The summed E-state index contributed by atoms with van der Waals surface area (Å²) in [5.41, 5.74) is 7.20. The molecule has 2 heterocycles. The quantitative estimate of drug-likeness (QED) is 0.290. The molecule has 2 aromatic carbocycles. The molecule has 2 aliphatic rings. The zero-order chi connectivity index (χ0) is 31.0. The van der Waals surface area contributed by atoms with Crippen molar-refractivity contribution >= 4 is 22.3 Å². The molecule has 2 fully saturated rings. The summed E-state index contributed by atoms with van der Waals surface area (Å²) in [7, 11) is -2.69. The third-order valence-corrected chi connectivity index (χ3v) is 10.5. The second kappa shape index (κ2) is 13.1. The standard InChI is InChI=1S/C35H54O5P2/c1-23(2)13-27-15-25(5)16-28(14-24(3)4)32(27)41-36-19-35(20-37-41)21-38-42(39-22-35)40-31-29(33(7,8)9)17-26(6)18-30(31)34(10,11)12/h15-18,23-24H,13-14,19-22H2,1-12H3. The van der Waals surface area contributed by atoms with Gasteiger partial charge in [-0.05, 0) is 60.5 Å². The zero-order valence-corrected chi connectivity index (χ0v) is 29.9. The summed E-state index contributed by atoms with van der Waals surface area (Å²) in [6.07, 6.45) is 2.05. The lowest BCUT2D eigenvalue weighted by Crippen LogP contribution is -2.45. The normalized spacial score (nSPS) is 23.7. The molecule has 0 amide bonds. The van der Waals surface area contributed by atoms with Crippen molar-refractivity contribution < 1.29 is 22.6 Å². The fourth-order valence-corrected chi connectivity index (χ4v) is 8.88. The van der Waals surface area contributed by atoms with Crippen LogP contribution in [-0.2, 0) is 41.8 Å². The Hall–Kier alpha value is -1.06. The Morgan fingerprint density at radius 1 is 0.690 bits per heavy atom. The lowest BCUT2D eigenvalue weighted by Gasteiger charge is -2.43. The van der Waals surface area contributed by atoms with Gasteiger partial charge in [0.05, 0.1) is 31.8 Å². The molecule has 5 nitrogen and oxygen atoms in total. The van der Waals surface area contributed by atoms with Gasteiger partial charge in [-0.1, -0.05) is 105 Å². The van der Waals surface area contributed by atoms with E-state index < -0.39 is 17.0 Å². The van der Waals surface area contributed by atoms with Crippen molar-refractivity contribution in [2.24, 2.45) is 17.3 Å². The first-order valence-electron chi connectivity index (χ1n) is 15.6. The first kappa shape index (κ1) is 33.8. The molecule has 0 radical (unpaired) electrons. The predicted molar refractivity (Wildman–Crippen MR) is 177 cm³/mol. The minimum absolute atomic E-state index is 0.0747. The van der Waals surface area contributed by atoms with Gasteiger partial charge >= 0.3 is 8.60 Å². The molecule has 42 heavy (non-hydrogen) atoms. The maximum absolute atomic E-state index is 6.61. The van der Waals surface area contributed by atoms with Crippen LogP contribution in [0.3, 0.4) is 0 Å². The molecule has 7 heteroatoms. The summed E-state index contributed by atoms with van der Waals surface area (Å²) in [5, 5.41) is 1.29. The zero-order valence-electron chi connectivity index (χ0n) is 28.1. The van der Waals surface area contributed by atoms with Crippen molar-refractivity contribution in [2.45, 2.75) is 107 Å². The van der Waals surface area contributed by atoms with Crippen LogP contribution in [-0.4, -0.2) is 26.4 Å². The second-order valence-corrected chi connectivity index (χ2v) is 18.1. The fraction of sp³-hybridized carbons (Fsp3) is 0.657. The molecule has 2 saturated heterocycles. The highest BCUT2D eigenvalue weighted by Crippen LogP contribution is 2.55. The van der Waals surface area contributed by atoms with Gasteiger partial charge in [-0.25, -0.2) is 0 Å². The summed E-state index contributed by atoms with van der Waals surface area (Å²) in [6.45, 7) is 29.0. The van der Waals surface area contributed by atoms with E-state index in [1.807, 2.05) is 0 Å². The molecule has 234 valence electrons. The largest absolute Gasteiger partial charge is 0.426 e. The third-order valence-electron chi connectivity index (χ3n) is 7.79. The Morgan fingerprint density at radius 3 is 1.50 bits per heavy atom. The molecule has 0 saturated carbocycles. The topological polar surface area (TPSA) is 46.2 Å². The summed E-state index contributed by atoms with van der Waals surface area (Å²) in [6, 6.07) is 9.14. The van der Waals surface area contributed by atoms with Crippen LogP contribution < -0.4 is 9.83 Å². The monoisotopic (exact) mass is 616 g/mol. The highest BCUT2D eigenvalue weighted by molar-refractivity contribution is 7.56. The van der Waals surface area contributed by atoms with Crippen molar-refractivity contribution in [1.82, 2.24) is 0 Å². The molecule has 0 atom stereocenters. The van der Waals surface area contributed by atoms with Crippen molar-refractivity contribution in [3.8, 4) is 5.75 Å². The smallest absolute Gasteiger partial charge is 0.397 e. The van der Waals surface area contributed by atoms with Gasteiger partial charge in [-0.3, -0.25) is 0 Å². The van der Waals surface area contributed by atoms with Crippen LogP contribution in [0.2, 0.25) is 0 Å². The number of benzene rings is 2. The predicted octanol–water partition coefficient (Wildman–Crippen LogP) is 9.62. The maximum Gasteiger partial charge on any atom is 0.397 e. The average molecular weight is 617 g/mol. The molecule has 2 aliphatic heterocycles. The van der Waals surface area contributed by atoms with E-state index in [2.05, 4.69) is 107 Å². The van der Waals surface area contributed by atoms with Crippen molar-refractivity contribution in [3.05, 3.63) is 57.6 Å². The molecule has 0 N–H and O–H groups in total. The molecule has 1 spiro atoms. The highest BCUT2D eigenvalue weighted by atomic mass is 31.2. The van der Waals surface area contributed by atoms with Crippen LogP contribution in [0, 0.1) is 31.1 Å². The fourth-order valence-electron chi connectivity index (χ4n) is 5.70. The van der Waals surface area contributed by atoms with E-state index in [0.29, 0.717) is 38.3 Å². The van der Waals surface area contributed by atoms with Crippen molar-refractivity contribution in [2.75, 3.05) is 26.4 Å². The summed E-state index contributed by atoms with van der Waals surface area (Å²) in [5.74, 6) is 2.03. The van der Waals surface area contributed by atoms with Gasteiger partial charge in [-0.15, -0.1) is 0 Å². The van der Waals surface area contributed by atoms with Gasteiger partial charge < -0.3 is 22.6 Å². The minimum atomic E-state index is -1.53. The SMILES string of the molecule is Cc1cc(CC(C)C)c(P2OCC3(COP(Oc4c(C(C)(C)C)cc(C)cc4C(C)(C)C)OC3)CO2)c(CC(C)C)c1. The number of rotatable bonds is 7. The van der Waals surface area contributed by atoms with Crippen LogP contribution in [0.25, 0.3) is 0 Å². The second-order valence-electron chi connectivity index (χ2n) is 15.5. The first-order valence-corrected chi connectivity index (χ1v) is 17.8. The van der Waals surface area contributed by atoms with Gasteiger partial charge in [0.2, 0.25) is 8.38 Å². The Kier molecular flexibility index (Phi) is 10.6. The highest BCUT2D eigenvalue weighted by Gasteiger charge is 2.45. The lowest BCUT2D eigenvalue weighted by molar-refractivity contribution is -0.0591. The maximum atomic E-state index is 6.61. The number of hydrogen-bond acceptors (Lipinski definition) is 5. The lowest BCUT2D eigenvalue weighted by atomic mass is 9.78. The van der Waals surface area contributed by atoms with Crippen LogP contribution in [0.15, 0.2) is 24.3 Å². The summed E-state index contributed by atoms with van der Waals surface area (Å²) < 4.78 is 32.4. The summed E-state index contributed by atoms with van der Waals surface area (Å²) >= 11 is 0. The minimum Gasteiger partial charge on any atom is -0.426 e. The Bertz CT molecular complexity index is 1160. The van der Waals surface area contributed by atoms with Gasteiger partial charge in [0, 0.05) is 16.4 Å². The third kappa shape index (κ3) is 8.15. The number of aryl methyl sites for hydroxylation is 2. The Balaban J connectivity index is 1.49. The van der Waals surface area contributed by atoms with Gasteiger partial charge in [-0.2, -0.15) is 0 Å². The molecule has 2 aromatic rings. The molecule has 4 rings (SSSR count). The van der Waals surface area contributed by atoms with E-state index in [9.17, 15) is 0 Å². The Morgan fingerprint density at radius 2 is 1.10 bits per heavy atom. The Labute approximate surface area is 258 Å². The van der Waals surface area contributed by atoms with Crippen LogP contribution >= 0.6 is 17.0 Å². The van der Waals surface area contributed by atoms with E-state index in [0.717, 1.165) is 18.6 Å². The van der Waals surface area contributed by atoms with Crippen molar-refractivity contribution in [1.29, 1.82) is 0 Å². The molecular formula is C35H54O5P2. The van der Waals surface area contributed by atoms with Gasteiger partial charge in [0.25, 0.3) is 0 Å². The first-order chi connectivity index (χ1) is 19.5. The van der Waals surface area contributed by atoms with Crippen LogP contribution in [0.5, 0.6) is 5.75 Å². The molecule has 0 aromatic heterocycles. The molecule has 0 aliphatic carbocycles. The van der Waals surface area contributed by atoms with E-state index in [-0.39, 0.29) is 16.2 Å². The van der Waals surface area contributed by atoms with E-state index in [1.165, 1.54) is 38.7 Å². The van der Waals surface area contributed by atoms with Crippen LogP contribution in [0.4, 0.5) is 0 Å². The van der Waals surface area contributed by atoms with E-state index in [4.69, 9.17) is 22.6 Å². The van der Waals surface area contributed by atoms with Crippen molar-refractivity contribution in [3.63, 3.8) is 0 Å². The average Bonchev–Trinajstić information content (AvgIpc) is 2.85. The van der Waals surface area contributed by atoms with Gasteiger partial charge in [0.15, 0.2) is 0 Å². The summed E-state index contributed by atoms with van der Waals surface area (Å²) in [4.78, 5) is 0. The molecule has 0 bridgehead atoms. The molecular weight excluding hydrogens is 562 g/mol. The van der Waals surface area contributed by atoms with E-state index >= 15 is 0 Å². The van der Waals surface area contributed by atoms with E-state index in [1.54, 1.807) is 0 Å². The van der Waals surface area contributed by atoms with Crippen LogP contribution in [0.1, 0.15) is 103 Å². The van der Waals surface area contributed by atoms with Gasteiger partial charge in [0.1, 0.15) is 5.75 Å².